The van der Waals surface area contributed by atoms with Crippen LogP contribution in [0.5, 0.6) is 0 Å². The number of hydrogen-bond acceptors (Lipinski definition) is 4. The molecule has 0 spiro atoms. The summed E-state index contributed by atoms with van der Waals surface area (Å²) < 4.78 is 27.3. The fourth-order valence-electron chi connectivity index (χ4n) is 2.75. The lowest BCUT2D eigenvalue weighted by Crippen LogP contribution is -2.36. The van der Waals surface area contributed by atoms with Gasteiger partial charge in [-0.15, -0.1) is 0 Å². The van der Waals surface area contributed by atoms with Crippen molar-refractivity contribution in [2.75, 3.05) is 13.6 Å². The third kappa shape index (κ3) is 2.54. The molecule has 1 aromatic heterocycles. The highest BCUT2D eigenvalue weighted by atomic mass is 32.2. The summed E-state index contributed by atoms with van der Waals surface area (Å²) in [4.78, 5) is 0.349. The molecule has 2 N–H and O–H groups in total. The van der Waals surface area contributed by atoms with Crippen molar-refractivity contribution >= 4 is 10.0 Å². The van der Waals surface area contributed by atoms with Crippen molar-refractivity contribution in [1.82, 2.24) is 19.8 Å². The van der Waals surface area contributed by atoms with Gasteiger partial charge in [0.25, 0.3) is 0 Å². The van der Waals surface area contributed by atoms with Crippen LogP contribution in [0, 0.1) is 6.92 Å². The predicted octanol–water partition coefficient (Wildman–Crippen LogP) is 1.00. The van der Waals surface area contributed by atoms with E-state index in [1.54, 1.807) is 18.3 Å². The summed E-state index contributed by atoms with van der Waals surface area (Å²) >= 11 is 0. The van der Waals surface area contributed by atoms with Crippen LogP contribution in [0.4, 0.5) is 0 Å². The summed E-state index contributed by atoms with van der Waals surface area (Å²) in [6.07, 6.45) is 2.75. The lowest BCUT2D eigenvalue weighted by atomic mass is 10.2. The van der Waals surface area contributed by atoms with Crippen LogP contribution in [0.15, 0.2) is 4.90 Å². The van der Waals surface area contributed by atoms with Gasteiger partial charge in [-0.2, -0.15) is 9.40 Å². The highest BCUT2D eigenvalue weighted by Crippen LogP contribution is 2.30. The Balaban J connectivity index is 2.41. The minimum atomic E-state index is -3.44. The maximum absolute atomic E-state index is 12.8. The molecule has 7 heteroatoms. The SMILES string of the molecule is CCC1CCCN1S(=O)(=O)c1c(CNC)n[nH]c1C. The second-order valence-electron chi connectivity index (χ2n) is 4.97. The first kappa shape index (κ1) is 14.5. The molecule has 1 aromatic rings. The number of aromatic nitrogens is 2. The average molecular weight is 286 g/mol. The Bertz CT molecular complexity index is 538. The fraction of sp³-hybridized carbons (Fsp3) is 0.750. The summed E-state index contributed by atoms with van der Waals surface area (Å²) in [6, 6.07) is 0.127. The van der Waals surface area contributed by atoms with E-state index in [4.69, 9.17) is 0 Å². The van der Waals surface area contributed by atoms with Crippen LogP contribution in [0.1, 0.15) is 37.6 Å². The van der Waals surface area contributed by atoms with Crippen molar-refractivity contribution < 1.29 is 8.42 Å². The van der Waals surface area contributed by atoms with Crippen molar-refractivity contribution in [3.63, 3.8) is 0 Å². The molecule has 0 saturated carbocycles. The summed E-state index contributed by atoms with van der Waals surface area (Å²) in [5.74, 6) is 0. The number of aryl methyl sites for hydroxylation is 1. The largest absolute Gasteiger partial charge is 0.314 e. The Labute approximate surface area is 114 Å². The molecule has 2 heterocycles. The molecule has 1 atom stereocenters. The van der Waals surface area contributed by atoms with Crippen LogP contribution < -0.4 is 5.32 Å². The van der Waals surface area contributed by atoms with Gasteiger partial charge >= 0.3 is 0 Å². The number of H-pyrrole nitrogens is 1. The number of sulfonamides is 1. The summed E-state index contributed by atoms with van der Waals surface area (Å²) in [5, 5.41) is 9.85. The zero-order valence-corrected chi connectivity index (χ0v) is 12.5. The average Bonchev–Trinajstić information content (AvgIpc) is 2.96. The van der Waals surface area contributed by atoms with E-state index >= 15 is 0 Å². The molecule has 0 amide bonds. The van der Waals surface area contributed by atoms with E-state index in [0.717, 1.165) is 19.3 Å². The molecule has 0 aliphatic carbocycles. The smallest absolute Gasteiger partial charge is 0.247 e. The normalized spacial score (nSPS) is 21.1. The first-order chi connectivity index (χ1) is 9.02. The van der Waals surface area contributed by atoms with E-state index < -0.39 is 10.0 Å². The highest BCUT2D eigenvalue weighted by Gasteiger charge is 2.37. The third-order valence-corrected chi connectivity index (χ3v) is 5.82. The molecule has 1 aliphatic rings. The fourth-order valence-corrected chi connectivity index (χ4v) is 4.85. The Morgan fingerprint density at radius 1 is 1.53 bits per heavy atom. The van der Waals surface area contributed by atoms with Gasteiger partial charge < -0.3 is 5.32 Å². The standard InChI is InChI=1S/C12H22N4O2S/c1-4-10-6-5-7-16(10)19(17,18)12-9(2)14-15-11(12)8-13-3/h10,13H,4-8H2,1-3H3,(H,14,15). The van der Waals surface area contributed by atoms with Crippen LogP contribution in [-0.4, -0.2) is 42.6 Å². The van der Waals surface area contributed by atoms with Gasteiger partial charge in [-0.3, -0.25) is 5.10 Å². The Hall–Kier alpha value is -0.920. The van der Waals surface area contributed by atoms with Crippen molar-refractivity contribution in [3.8, 4) is 0 Å². The molecule has 6 nitrogen and oxygen atoms in total. The monoisotopic (exact) mass is 286 g/mol. The van der Waals surface area contributed by atoms with Gasteiger partial charge in [0.1, 0.15) is 4.90 Å². The summed E-state index contributed by atoms with van der Waals surface area (Å²) in [6.45, 7) is 4.86. The van der Waals surface area contributed by atoms with E-state index in [0.29, 0.717) is 29.4 Å². The highest BCUT2D eigenvalue weighted by molar-refractivity contribution is 7.89. The van der Waals surface area contributed by atoms with Crippen LogP contribution in [-0.2, 0) is 16.6 Å². The number of hydrogen-bond donors (Lipinski definition) is 2. The van der Waals surface area contributed by atoms with Crippen molar-refractivity contribution in [2.24, 2.45) is 0 Å². The zero-order chi connectivity index (χ0) is 14.0. The minimum Gasteiger partial charge on any atom is -0.314 e. The molecular formula is C12H22N4O2S. The second-order valence-corrected chi connectivity index (χ2v) is 6.80. The molecule has 1 aliphatic heterocycles. The van der Waals surface area contributed by atoms with Crippen LogP contribution >= 0.6 is 0 Å². The molecule has 19 heavy (non-hydrogen) atoms. The van der Waals surface area contributed by atoms with Gasteiger partial charge in [0, 0.05) is 19.1 Å². The number of nitrogens with one attached hydrogen (secondary N) is 2. The number of rotatable bonds is 5. The molecule has 1 saturated heterocycles. The number of nitrogens with zero attached hydrogens (tertiary/aromatic N) is 2. The van der Waals surface area contributed by atoms with Gasteiger partial charge in [0.05, 0.1) is 11.4 Å². The van der Waals surface area contributed by atoms with Crippen molar-refractivity contribution in [2.45, 2.75) is 50.6 Å². The molecular weight excluding hydrogens is 264 g/mol. The van der Waals surface area contributed by atoms with Crippen LogP contribution in [0.2, 0.25) is 0 Å². The van der Waals surface area contributed by atoms with Gasteiger partial charge in [-0.25, -0.2) is 8.42 Å². The Morgan fingerprint density at radius 3 is 2.89 bits per heavy atom. The first-order valence-corrected chi connectivity index (χ1v) is 8.16. The minimum absolute atomic E-state index is 0.127. The Morgan fingerprint density at radius 2 is 2.26 bits per heavy atom. The molecule has 0 aromatic carbocycles. The topological polar surface area (TPSA) is 78.1 Å². The maximum Gasteiger partial charge on any atom is 0.247 e. The van der Waals surface area contributed by atoms with Crippen LogP contribution in [0.25, 0.3) is 0 Å². The van der Waals surface area contributed by atoms with Crippen LogP contribution in [0.3, 0.4) is 0 Å². The van der Waals surface area contributed by atoms with Gasteiger partial charge in [0.2, 0.25) is 10.0 Å². The molecule has 108 valence electrons. The summed E-state index contributed by atoms with van der Waals surface area (Å²) in [7, 11) is -1.66. The second kappa shape index (κ2) is 5.60. The number of aromatic amines is 1. The Kier molecular flexibility index (Phi) is 4.27. The van der Waals surface area contributed by atoms with E-state index in [9.17, 15) is 8.42 Å². The van der Waals surface area contributed by atoms with Crippen molar-refractivity contribution in [3.05, 3.63) is 11.4 Å². The maximum atomic E-state index is 12.8. The molecule has 1 fully saturated rings. The lowest BCUT2D eigenvalue weighted by molar-refractivity contribution is 0.379. The molecule has 0 radical (unpaired) electrons. The van der Waals surface area contributed by atoms with Gasteiger partial charge in [-0.1, -0.05) is 6.92 Å². The van der Waals surface area contributed by atoms with Gasteiger partial charge in [0.15, 0.2) is 0 Å². The molecule has 1 unspecified atom stereocenters. The van der Waals surface area contributed by atoms with E-state index in [1.165, 1.54) is 0 Å². The predicted molar refractivity (Wildman–Crippen MR) is 73.3 cm³/mol. The van der Waals surface area contributed by atoms with E-state index in [-0.39, 0.29) is 6.04 Å². The zero-order valence-electron chi connectivity index (χ0n) is 11.7. The summed E-state index contributed by atoms with van der Waals surface area (Å²) in [5.41, 5.74) is 1.19. The van der Waals surface area contributed by atoms with E-state index in [1.807, 2.05) is 6.92 Å². The van der Waals surface area contributed by atoms with E-state index in [2.05, 4.69) is 15.5 Å². The molecule has 0 bridgehead atoms. The first-order valence-electron chi connectivity index (χ1n) is 6.72. The quantitative estimate of drug-likeness (QED) is 0.846. The van der Waals surface area contributed by atoms with Gasteiger partial charge in [-0.05, 0) is 33.2 Å². The lowest BCUT2D eigenvalue weighted by Gasteiger charge is -2.23. The van der Waals surface area contributed by atoms with Crippen molar-refractivity contribution in [1.29, 1.82) is 0 Å². The molecule has 2 rings (SSSR count). The third-order valence-electron chi connectivity index (χ3n) is 3.67.